The van der Waals surface area contributed by atoms with Crippen LogP contribution >= 0.6 is 0 Å². The van der Waals surface area contributed by atoms with E-state index in [4.69, 9.17) is 0 Å². The summed E-state index contributed by atoms with van der Waals surface area (Å²) >= 11 is 0. The van der Waals surface area contributed by atoms with Crippen LogP contribution in [-0.4, -0.2) is 4.57 Å². The molecule has 11 aromatic rings. The van der Waals surface area contributed by atoms with Gasteiger partial charge in [-0.1, -0.05) is 188 Å². The molecule has 0 saturated carbocycles. The zero-order chi connectivity index (χ0) is 41.5. The largest absolute Gasteiger partial charge is 0.310 e. The number of anilines is 3. The van der Waals surface area contributed by atoms with Gasteiger partial charge in [0.2, 0.25) is 0 Å². The average Bonchev–Trinajstić information content (AvgIpc) is 3.86. The van der Waals surface area contributed by atoms with Crippen molar-refractivity contribution in [2.24, 2.45) is 0 Å². The maximum atomic E-state index is 2.52. The van der Waals surface area contributed by atoms with Crippen LogP contribution in [0.25, 0.3) is 72.0 Å². The van der Waals surface area contributed by atoms with Gasteiger partial charge in [0.15, 0.2) is 0 Å². The van der Waals surface area contributed by atoms with Gasteiger partial charge in [0.1, 0.15) is 0 Å². The number of benzene rings is 10. The van der Waals surface area contributed by atoms with Gasteiger partial charge in [0.25, 0.3) is 0 Å². The maximum Gasteiger partial charge on any atom is 0.0754 e. The molecule has 2 heterocycles. The van der Waals surface area contributed by atoms with Gasteiger partial charge in [-0.05, 0) is 121 Å². The quantitative estimate of drug-likeness (QED) is 0.163. The molecule has 1 spiro atoms. The van der Waals surface area contributed by atoms with Crippen LogP contribution in [0.2, 0.25) is 0 Å². The van der Waals surface area contributed by atoms with Crippen LogP contribution in [0, 0.1) is 0 Å². The van der Waals surface area contributed by atoms with E-state index in [1.165, 1.54) is 94.3 Å². The molecule has 2 heteroatoms. The molecule has 63 heavy (non-hydrogen) atoms. The second-order valence-corrected chi connectivity index (χ2v) is 16.8. The third-order valence-corrected chi connectivity index (χ3v) is 13.5. The van der Waals surface area contributed by atoms with E-state index in [2.05, 4.69) is 252 Å². The molecular formula is C61H40N2. The minimum absolute atomic E-state index is 0.512. The molecule has 1 unspecified atom stereocenters. The lowest BCUT2D eigenvalue weighted by molar-refractivity contribution is 0.748. The Morgan fingerprint density at radius 3 is 1.62 bits per heavy atom. The molecule has 13 rings (SSSR count). The van der Waals surface area contributed by atoms with Crippen molar-refractivity contribution in [3.8, 4) is 50.2 Å². The average molecular weight is 801 g/mol. The van der Waals surface area contributed by atoms with Gasteiger partial charge in [-0.3, -0.25) is 0 Å². The number of rotatable bonds is 6. The Labute approximate surface area is 367 Å². The summed E-state index contributed by atoms with van der Waals surface area (Å²) < 4.78 is 2.52. The normalized spacial score (nSPS) is 14.4. The lowest BCUT2D eigenvalue weighted by Crippen LogP contribution is -2.33. The van der Waals surface area contributed by atoms with Gasteiger partial charge >= 0.3 is 0 Å². The molecule has 1 aliphatic carbocycles. The fourth-order valence-electron chi connectivity index (χ4n) is 11.0. The molecule has 0 bridgehead atoms. The minimum Gasteiger partial charge on any atom is -0.310 e. The van der Waals surface area contributed by atoms with E-state index in [1.807, 2.05) is 0 Å². The third-order valence-electron chi connectivity index (χ3n) is 13.5. The van der Waals surface area contributed by atoms with Gasteiger partial charge in [0, 0.05) is 27.8 Å². The van der Waals surface area contributed by atoms with E-state index in [0.717, 1.165) is 17.1 Å². The van der Waals surface area contributed by atoms with Crippen LogP contribution in [-0.2, 0) is 5.41 Å². The topological polar surface area (TPSA) is 8.17 Å². The Kier molecular flexibility index (Phi) is 7.85. The third kappa shape index (κ3) is 5.19. The Balaban J connectivity index is 1.05. The zero-order valence-electron chi connectivity index (χ0n) is 34.5. The molecular weight excluding hydrogens is 761 g/mol. The summed E-state index contributed by atoms with van der Waals surface area (Å²) in [6, 6.07) is 89.5. The molecule has 0 radical (unpaired) electrons. The predicted octanol–water partition coefficient (Wildman–Crippen LogP) is 15.9. The fourth-order valence-corrected chi connectivity index (χ4v) is 11.0. The lowest BCUT2D eigenvalue weighted by Gasteiger charge is -2.39. The van der Waals surface area contributed by atoms with E-state index in [1.54, 1.807) is 0 Å². The van der Waals surface area contributed by atoms with E-state index in [0.29, 0.717) is 0 Å². The Morgan fingerprint density at radius 1 is 0.317 bits per heavy atom. The summed E-state index contributed by atoms with van der Waals surface area (Å²) in [6.45, 7) is 0. The first kappa shape index (κ1) is 35.5. The minimum atomic E-state index is -0.512. The van der Waals surface area contributed by atoms with Crippen molar-refractivity contribution in [3.63, 3.8) is 0 Å². The zero-order valence-corrected chi connectivity index (χ0v) is 34.5. The SMILES string of the molecule is c1ccc(-c2cc(-c3ccccc3)cc(N(c3ccccc3)c3cccc(-c4cccc5c4-c4ccccc4C54c5ccccc5-n5c6ccccc6c6cccc4c65)c3)c2)cc1. The molecule has 2 nitrogen and oxygen atoms in total. The smallest absolute Gasteiger partial charge is 0.0754 e. The van der Waals surface area contributed by atoms with Crippen LogP contribution in [0.15, 0.2) is 243 Å². The molecule has 1 atom stereocenters. The van der Waals surface area contributed by atoms with Gasteiger partial charge in [-0.15, -0.1) is 0 Å². The predicted molar refractivity (Wildman–Crippen MR) is 263 cm³/mol. The van der Waals surface area contributed by atoms with Crippen molar-refractivity contribution in [1.82, 2.24) is 4.57 Å². The lowest BCUT2D eigenvalue weighted by atomic mass is 9.65. The first-order valence-electron chi connectivity index (χ1n) is 21.8. The van der Waals surface area contributed by atoms with Gasteiger partial charge in [-0.2, -0.15) is 0 Å². The molecule has 2 aliphatic rings. The highest BCUT2D eigenvalue weighted by Gasteiger charge is 2.51. The van der Waals surface area contributed by atoms with Crippen molar-refractivity contribution in [2.45, 2.75) is 5.41 Å². The van der Waals surface area contributed by atoms with Crippen LogP contribution in [0.4, 0.5) is 17.1 Å². The Hall–Kier alpha value is -8.20. The standard InChI is InChI=1S/C61H40N2/c1-4-19-41(20-5-1)44-37-45(42-21-6-2-7-22-42)40-48(39-44)62(46-24-8-3-9-25-46)47-26-16-23-43(38-47)49-29-17-33-55-59(49)52-28-10-12-31-53(52)61(55)54-32-13-15-36-58(54)63-57-35-14-11-27-50(57)51-30-18-34-56(61)60(51)63/h1-40H. The highest BCUT2D eigenvalue weighted by Crippen LogP contribution is 2.62. The second kappa shape index (κ2) is 13.9. The fraction of sp³-hybridized carbons (Fsp3) is 0.0164. The number of fused-ring (bicyclic) bond motifs is 12. The van der Waals surface area contributed by atoms with Crippen LogP contribution in [0.1, 0.15) is 22.3 Å². The first-order chi connectivity index (χ1) is 31.3. The van der Waals surface area contributed by atoms with Crippen LogP contribution in [0.5, 0.6) is 0 Å². The van der Waals surface area contributed by atoms with E-state index >= 15 is 0 Å². The van der Waals surface area contributed by atoms with Crippen LogP contribution in [0.3, 0.4) is 0 Å². The van der Waals surface area contributed by atoms with Crippen molar-refractivity contribution in [1.29, 1.82) is 0 Å². The number of nitrogens with zero attached hydrogens (tertiary/aromatic N) is 2. The van der Waals surface area contributed by atoms with E-state index in [9.17, 15) is 0 Å². The Morgan fingerprint density at radius 2 is 0.841 bits per heavy atom. The molecule has 1 aliphatic heterocycles. The van der Waals surface area contributed by atoms with Crippen molar-refractivity contribution in [2.75, 3.05) is 4.90 Å². The number of para-hydroxylation sites is 4. The Bertz CT molecular complexity index is 3510. The van der Waals surface area contributed by atoms with Gasteiger partial charge in [0.05, 0.1) is 22.1 Å². The van der Waals surface area contributed by atoms with Gasteiger partial charge in [-0.25, -0.2) is 0 Å². The molecule has 294 valence electrons. The molecule has 0 N–H and O–H groups in total. The maximum absolute atomic E-state index is 2.52. The molecule has 0 saturated heterocycles. The van der Waals surface area contributed by atoms with Crippen molar-refractivity contribution < 1.29 is 0 Å². The van der Waals surface area contributed by atoms with Crippen molar-refractivity contribution >= 4 is 38.9 Å². The number of hydrogen-bond donors (Lipinski definition) is 0. The van der Waals surface area contributed by atoms with E-state index in [-0.39, 0.29) is 0 Å². The van der Waals surface area contributed by atoms with E-state index < -0.39 is 5.41 Å². The summed E-state index contributed by atoms with van der Waals surface area (Å²) in [5, 5.41) is 2.57. The summed E-state index contributed by atoms with van der Waals surface area (Å²) in [4.78, 5) is 2.41. The molecule has 0 amide bonds. The van der Waals surface area contributed by atoms with Gasteiger partial charge < -0.3 is 9.47 Å². The highest BCUT2D eigenvalue weighted by atomic mass is 15.1. The monoisotopic (exact) mass is 800 g/mol. The highest BCUT2D eigenvalue weighted by molar-refractivity contribution is 6.13. The summed E-state index contributed by atoms with van der Waals surface area (Å²) in [7, 11) is 0. The molecule has 10 aromatic carbocycles. The summed E-state index contributed by atoms with van der Waals surface area (Å²) in [6.07, 6.45) is 0. The first-order valence-corrected chi connectivity index (χ1v) is 21.8. The molecule has 0 fully saturated rings. The van der Waals surface area contributed by atoms with Crippen molar-refractivity contribution in [3.05, 3.63) is 265 Å². The number of hydrogen-bond acceptors (Lipinski definition) is 1. The van der Waals surface area contributed by atoms with Crippen LogP contribution < -0.4 is 4.90 Å². The second-order valence-electron chi connectivity index (χ2n) is 16.8. The summed E-state index contributed by atoms with van der Waals surface area (Å²) in [5.41, 5.74) is 21.6. The molecule has 1 aromatic heterocycles. The summed E-state index contributed by atoms with van der Waals surface area (Å²) in [5.74, 6) is 0. The number of aromatic nitrogens is 1.